The molecule has 0 saturated heterocycles. The summed E-state index contributed by atoms with van der Waals surface area (Å²) in [4.78, 5) is 11.0. The highest BCUT2D eigenvalue weighted by Crippen LogP contribution is 2.28. The lowest BCUT2D eigenvalue weighted by Crippen LogP contribution is -2.10. The van der Waals surface area contributed by atoms with Crippen LogP contribution < -0.4 is 0 Å². The van der Waals surface area contributed by atoms with Crippen LogP contribution in [0.25, 0.3) is 6.08 Å². The molecule has 2 nitrogen and oxygen atoms in total. The first-order valence-corrected chi connectivity index (χ1v) is 5.62. The molecule has 0 amide bonds. The first-order valence-electron chi connectivity index (χ1n) is 5.62. The largest absolute Gasteiger partial charge is 0.463 e. The smallest absolute Gasteiger partial charge is 0.416 e. The highest BCUT2D eigenvalue weighted by Gasteiger charge is 2.31. The van der Waals surface area contributed by atoms with Crippen LogP contribution in [0.15, 0.2) is 48.1 Å². The summed E-state index contributed by atoms with van der Waals surface area (Å²) in [5, 5.41) is 0. The molecule has 0 heterocycles. The van der Waals surface area contributed by atoms with E-state index in [1.54, 1.807) is 37.3 Å². The molecule has 1 aromatic carbocycles. The summed E-state index contributed by atoms with van der Waals surface area (Å²) >= 11 is 0. The third-order valence-electron chi connectivity index (χ3n) is 2.13. The fourth-order valence-electron chi connectivity index (χ4n) is 1.30. The standard InChI is InChI=1S/C14H13F3O2/c1-2-19-13(18)9-8-12(14(15,16)17)10-11-6-4-3-5-7-11/h3-10H,2H2,1H3/b9-8+,12-10-. The third-order valence-corrected chi connectivity index (χ3v) is 2.13. The molecule has 0 N–H and O–H groups in total. The first kappa shape index (κ1) is 15.0. The molecular formula is C14H13F3O2. The topological polar surface area (TPSA) is 26.3 Å². The van der Waals surface area contributed by atoms with Gasteiger partial charge < -0.3 is 4.74 Å². The Labute approximate surface area is 109 Å². The van der Waals surface area contributed by atoms with E-state index in [2.05, 4.69) is 4.74 Å². The van der Waals surface area contributed by atoms with Crippen molar-refractivity contribution in [2.45, 2.75) is 13.1 Å². The van der Waals surface area contributed by atoms with Gasteiger partial charge in [0, 0.05) is 6.08 Å². The maximum Gasteiger partial charge on any atom is 0.416 e. The predicted octanol–water partition coefficient (Wildman–Crippen LogP) is 3.75. The Bertz CT molecular complexity index is 473. The van der Waals surface area contributed by atoms with Gasteiger partial charge in [-0.05, 0) is 24.6 Å². The number of allylic oxidation sites excluding steroid dienone is 2. The van der Waals surface area contributed by atoms with Gasteiger partial charge in [0.1, 0.15) is 0 Å². The Morgan fingerprint density at radius 1 is 1.21 bits per heavy atom. The van der Waals surface area contributed by atoms with Gasteiger partial charge in [-0.25, -0.2) is 4.79 Å². The Morgan fingerprint density at radius 3 is 2.37 bits per heavy atom. The van der Waals surface area contributed by atoms with E-state index >= 15 is 0 Å². The Morgan fingerprint density at radius 2 is 1.84 bits per heavy atom. The van der Waals surface area contributed by atoms with E-state index in [9.17, 15) is 18.0 Å². The van der Waals surface area contributed by atoms with Gasteiger partial charge >= 0.3 is 12.1 Å². The summed E-state index contributed by atoms with van der Waals surface area (Å²) in [5.74, 6) is -0.800. The second-order valence-corrected chi connectivity index (χ2v) is 3.59. The second-order valence-electron chi connectivity index (χ2n) is 3.59. The SMILES string of the molecule is CCOC(=O)/C=C/C(=C/c1ccccc1)C(F)(F)F. The number of carbonyl (C=O) groups excluding carboxylic acids is 1. The lowest BCUT2D eigenvalue weighted by Gasteiger charge is -2.07. The van der Waals surface area contributed by atoms with Crippen molar-refractivity contribution in [2.24, 2.45) is 0 Å². The minimum Gasteiger partial charge on any atom is -0.463 e. The molecule has 0 radical (unpaired) electrons. The van der Waals surface area contributed by atoms with E-state index in [1.807, 2.05) is 0 Å². The van der Waals surface area contributed by atoms with Crippen molar-refractivity contribution in [1.82, 2.24) is 0 Å². The van der Waals surface area contributed by atoms with Crippen LogP contribution >= 0.6 is 0 Å². The summed E-state index contributed by atoms with van der Waals surface area (Å²) in [6, 6.07) is 8.07. The van der Waals surface area contributed by atoms with Gasteiger partial charge in [0.25, 0.3) is 0 Å². The van der Waals surface area contributed by atoms with Gasteiger partial charge in [0.05, 0.1) is 12.2 Å². The Hall–Kier alpha value is -2.04. The lowest BCUT2D eigenvalue weighted by atomic mass is 10.1. The maximum absolute atomic E-state index is 12.8. The van der Waals surface area contributed by atoms with Crippen molar-refractivity contribution in [2.75, 3.05) is 6.61 Å². The summed E-state index contributed by atoms with van der Waals surface area (Å²) in [6.07, 6.45) is -2.08. The van der Waals surface area contributed by atoms with Gasteiger partial charge in [-0.3, -0.25) is 0 Å². The van der Waals surface area contributed by atoms with E-state index in [-0.39, 0.29) is 6.61 Å². The van der Waals surface area contributed by atoms with E-state index < -0.39 is 17.7 Å². The van der Waals surface area contributed by atoms with Gasteiger partial charge in [0.2, 0.25) is 0 Å². The van der Waals surface area contributed by atoms with E-state index in [1.165, 1.54) is 0 Å². The van der Waals surface area contributed by atoms with Gasteiger partial charge in [-0.2, -0.15) is 13.2 Å². The summed E-state index contributed by atoms with van der Waals surface area (Å²) in [7, 11) is 0. The van der Waals surface area contributed by atoms with Crippen LogP contribution in [0, 0.1) is 0 Å². The molecule has 0 aromatic heterocycles. The molecular weight excluding hydrogens is 257 g/mol. The van der Waals surface area contributed by atoms with Crippen LogP contribution in [0.1, 0.15) is 12.5 Å². The van der Waals surface area contributed by atoms with Crippen LogP contribution in [0.5, 0.6) is 0 Å². The molecule has 0 aliphatic carbocycles. The summed E-state index contributed by atoms with van der Waals surface area (Å²) in [6.45, 7) is 1.70. The number of carbonyl (C=O) groups is 1. The number of hydrogen-bond donors (Lipinski definition) is 0. The molecule has 0 saturated carbocycles. The molecule has 0 fully saturated rings. The number of hydrogen-bond acceptors (Lipinski definition) is 2. The molecule has 102 valence electrons. The molecule has 5 heteroatoms. The van der Waals surface area contributed by atoms with Crippen LogP contribution in [-0.4, -0.2) is 18.8 Å². The van der Waals surface area contributed by atoms with Crippen LogP contribution in [-0.2, 0) is 9.53 Å². The van der Waals surface area contributed by atoms with Crippen molar-refractivity contribution in [3.63, 3.8) is 0 Å². The van der Waals surface area contributed by atoms with Crippen molar-refractivity contribution >= 4 is 12.0 Å². The molecule has 0 aliphatic heterocycles. The molecule has 1 rings (SSSR count). The quantitative estimate of drug-likeness (QED) is 0.473. The Balaban J connectivity index is 2.97. The molecule has 0 spiro atoms. The minimum absolute atomic E-state index is 0.118. The number of halogens is 3. The normalized spacial score (nSPS) is 12.7. The van der Waals surface area contributed by atoms with Crippen molar-refractivity contribution < 1.29 is 22.7 Å². The maximum atomic E-state index is 12.8. The molecule has 19 heavy (non-hydrogen) atoms. The molecule has 0 atom stereocenters. The van der Waals surface area contributed by atoms with E-state index in [0.29, 0.717) is 11.6 Å². The van der Waals surface area contributed by atoms with Crippen LogP contribution in [0.2, 0.25) is 0 Å². The molecule has 1 aromatic rings. The van der Waals surface area contributed by atoms with Crippen molar-refractivity contribution in [1.29, 1.82) is 0 Å². The Kier molecular flexibility index (Phi) is 5.36. The zero-order valence-corrected chi connectivity index (χ0v) is 10.3. The van der Waals surface area contributed by atoms with Gasteiger partial charge in [0.15, 0.2) is 0 Å². The minimum atomic E-state index is -4.53. The number of ether oxygens (including phenoxy) is 1. The number of benzene rings is 1. The van der Waals surface area contributed by atoms with E-state index in [4.69, 9.17) is 0 Å². The summed E-state index contributed by atoms with van der Waals surface area (Å²) < 4.78 is 42.8. The lowest BCUT2D eigenvalue weighted by molar-refractivity contribution is -0.137. The average Bonchev–Trinajstić information content (AvgIpc) is 2.34. The summed E-state index contributed by atoms with van der Waals surface area (Å²) in [5.41, 5.74) is -0.505. The highest BCUT2D eigenvalue weighted by molar-refractivity contribution is 5.83. The number of alkyl halides is 3. The monoisotopic (exact) mass is 270 g/mol. The zero-order chi connectivity index (χ0) is 14.3. The van der Waals surface area contributed by atoms with Crippen LogP contribution in [0.4, 0.5) is 13.2 Å². The predicted molar refractivity (Wildman–Crippen MR) is 66.2 cm³/mol. The second kappa shape index (κ2) is 6.78. The first-order chi connectivity index (χ1) is 8.93. The van der Waals surface area contributed by atoms with Gasteiger partial charge in [-0.15, -0.1) is 0 Å². The van der Waals surface area contributed by atoms with E-state index in [0.717, 1.165) is 12.2 Å². The van der Waals surface area contributed by atoms with Gasteiger partial charge in [-0.1, -0.05) is 30.3 Å². The fourth-order valence-corrected chi connectivity index (χ4v) is 1.30. The fraction of sp³-hybridized carbons (Fsp3) is 0.214. The molecule has 0 aliphatic rings. The third kappa shape index (κ3) is 5.42. The number of rotatable bonds is 4. The molecule has 0 unspecified atom stereocenters. The van der Waals surface area contributed by atoms with Crippen LogP contribution in [0.3, 0.4) is 0 Å². The zero-order valence-electron chi connectivity index (χ0n) is 10.3. The number of esters is 1. The average molecular weight is 270 g/mol. The van der Waals surface area contributed by atoms with Crippen molar-refractivity contribution in [3.8, 4) is 0 Å². The molecule has 0 bridgehead atoms. The van der Waals surface area contributed by atoms with Crippen molar-refractivity contribution in [3.05, 3.63) is 53.6 Å². The highest BCUT2D eigenvalue weighted by atomic mass is 19.4.